The van der Waals surface area contributed by atoms with Gasteiger partial charge in [0.1, 0.15) is 18.7 Å². The van der Waals surface area contributed by atoms with Crippen LogP contribution in [0.4, 0.5) is 4.79 Å². The maximum absolute atomic E-state index is 12.7. The van der Waals surface area contributed by atoms with Gasteiger partial charge in [0.25, 0.3) is 5.91 Å². The summed E-state index contributed by atoms with van der Waals surface area (Å²) in [6, 6.07) is 0. The van der Waals surface area contributed by atoms with E-state index < -0.39 is 36.1 Å². The van der Waals surface area contributed by atoms with Crippen molar-refractivity contribution in [1.29, 1.82) is 0 Å². The van der Waals surface area contributed by atoms with Gasteiger partial charge in [0.15, 0.2) is 0 Å². The normalized spacial score (nSPS) is 13.0. The molecule has 3 N–H and O–H groups in total. The second kappa shape index (κ2) is 20.4. The summed E-state index contributed by atoms with van der Waals surface area (Å²) in [5.74, 6) is -2.57. The third-order valence-electron chi connectivity index (χ3n) is 5.33. The molecule has 44 heavy (non-hydrogen) atoms. The van der Waals surface area contributed by atoms with Crippen LogP contribution in [0.25, 0.3) is 0 Å². The number of nitrogens with one attached hydrogen (secondary N) is 2. The Hall–Kier alpha value is -4.48. The molecule has 0 atom stereocenters. The third kappa shape index (κ3) is 18.9. The van der Waals surface area contributed by atoms with Gasteiger partial charge in [-0.3, -0.25) is 29.1 Å². The third-order valence-corrected chi connectivity index (χ3v) is 5.33. The Morgan fingerprint density at radius 2 is 1.59 bits per heavy atom. The van der Waals surface area contributed by atoms with Crippen LogP contribution in [0.15, 0.2) is 64.4 Å². The lowest BCUT2D eigenvalue weighted by atomic mass is 10.1. The molecule has 244 valence electrons. The van der Waals surface area contributed by atoms with Gasteiger partial charge in [-0.2, -0.15) is 0 Å². The van der Waals surface area contributed by atoms with Crippen molar-refractivity contribution in [3.63, 3.8) is 0 Å². The fourth-order valence-corrected chi connectivity index (χ4v) is 3.13. The summed E-state index contributed by atoms with van der Waals surface area (Å²) < 4.78 is 10.6. The zero-order chi connectivity index (χ0) is 33.9. The number of esters is 1. The van der Waals surface area contributed by atoms with Crippen LogP contribution >= 0.6 is 0 Å². The Bertz CT molecular complexity index is 1190. The summed E-state index contributed by atoms with van der Waals surface area (Å²) >= 11 is 0. The lowest BCUT2D eigenvalue weighted by Gasteiger charge is -2.27. The van der Waals surface area contributed by atoms with Crippen LogP contribution in [0.1, 0.15) is 61.8 Å². The van der Waals surface area contributed by atoms with E-state index in [1.165, 1.54) is 23.3 Å². The van der Waals surface area contributed by atoms with Crippen molar-refractivity contribution in [2.24, 2.45) is 10.9 Å². The van der Waals surface area contributed by atoms with Crippen molar-refractivity contribution in [3.8, 4) is 0 Å². The molecule has 12 nitrogen and oxygen atoms in total. The van der Waals surface area contributed by atoms with Gasteiger partial charge >= 0.3 is 18.0 Å². The van der Waals surface area contributed by atoms with Crippen molar-refractivity contribution < 1.29 is 38.6 Å². The topological polar surface area (TPSA) is 164 Å². The van der Waals surface area contributed by atoms with E-state index in [0.717, 1.165) is 0 Å². The minimum Gasteiger partial charge on any atom is -0.480 e. The van der Waals surface area contributed by atoms with E-state index in [4.69, 9.17) is 14.6 Å². The number of nitrogens with zero attached hydrogens (tertiary/aromatic N) is 2. The molecule has 0 unspecified atom stereocenters. The fourth-order valence-electron chi connectivity index (χ4n) is 3.13. The van der Waals surface area contributed by atoms with E-state index >= 15 is 0 Å². The number of allylic oxidation sites excluding steroid dienone is 6. The van der Waals surface area contributed by atoms with Gasteiger partial charge in [-0.25, -0.2) is 4.79 Å². The molecule has 3 amide bonds. The zero-order valence-electron chi connectivity index (χ0n) is 27.2. The number of carbonyl (C=O) groups excluding carboxylic acids is 4. The largest absolute Gasteiger partial charge is 0.480 e. The van der Waals surface area contributed by atoms with Crippen LogP contribution in [0.5, 0.6) is 0 Å². The van der Waals surface area contributed by atoms with Gasteiger partial charge in [-0.05, 0) is 71.6 Å². The summed E-state index contributed by atoms with van der Waals surface area (Å²) in [6.07, 6.45) is 8.89. The van der Waals surface area contributed by atoms with E-state index in [1.807, 2.05) is 13.8 Å². The van der Waals surface area contributed by atoms with Gasteiger partial charge in [-0.1, -0.05) is 38.7 Å². The molecule has 0 aliphatic rings. The van der Waals surface area contributed by atoms with Crippen molar-refractivity contribution >= 4 is 36.1 Å². The first-order valence-corrected chi connectivity index (χ1v) is 14.3. The highest BCUT2D eigenvalue weighted by Crippen LogP contribution is 2.12. The lowest BCUT2D eigenvalue weighted by Crippen LogP contribution is -2.42. The number of aliphatic imine (C=N–C) groups is 1. The molecule has 0 radical (unpaired) electrons. The Labute approximate surface area is 260 Å². The van der Waals surface area contributed by atoms with Crippen molar-refractivity contribution in [1.82, 2.24) is 15.5 Å². The molecular formula is C32H48N4O8. The van der Waals surface area contributed by atoms with E-state index in [-0.39, 0.29) is 43.6 Å². The molecule has 0 rings (SSSR count). The monoisotopic (exact) mass is 616 g/mol. The molecule has 0 aliphatic carbocycles. The Morgan fingerprint density at radius 3 is 2.16 bits per heavy atom. The molecule has 0 aromatic carbocycles. The van der Waals surface area contributed by atoms with Gasteiger partial charge in [-0.15, -0.1) is 0 Å². The summed E-state index contributed by atoms with van der Waals surface area (Å²) in [4.78, 5) is 66.5. The van der Waals surface area contributed by atoms with Crippen molar-refractivity contribution in [2.45, 2.75) is 67.4 Å². The number of rotatable bonds is 17. The summed E-state index contributed by atoms with van der Waals surface area (Å²) in [5, 5.41) is 14.0. The number of hydrogen-bond donors (Lipinski definition) is 3. The Balaban J connectivity index is 5.46. The molecule has 0 aromatic heterocycles. The fraction of sp³-hybridized carbons (Fsp3) is 0.500. The van der Waals surface area contributed by atoms with Crippen LogP contribution in [0, 0.1) is 5.92 Å². The highest BCUT2D eigenvalue weighted by Gasteiger charge is 2.24. The first-order chi connectivity index (χ1) is 20.5. The van der Waals surface area contributed by atoms with E-state index in [0.29, 0.717) is 23.3 Å². The molecule has 12 heteroatoms. The Morgan fingerprint density at radius 1 is 0.955 bits per heavy atom. The molecule has 0 saturated heterocycles. The molecule has 0 bridgehead atoms. The van der Waals surface area contributed by atoms with Gasteiger partial charge < -0.3 is 25.2 Å². The van der Waals surface area contributed by atoms with Crippen LogP contribution in [-0.2, 0) is 28.7 Å². The minimum atomic E-state index is -1.19. The van der Waals surface area contributed by atoms with Crippen molar-refractivity contribution in [2.75, 3.05) is 32.8 Å². The molecule has 0 heterocycles. The molecule has 0 aromatic rings. The molecule has 0 fully saturated rings. The molecular weight excluding hydrogens is 568 g/mol. The zero-order valence-corrected chi connectivity index (χ0v) is 27.2. The minimum absolute atomic E-state index is 0.149. The SMILES string of the molecule is C=C/C=C(C)/N=C\C=C(C(=O)NCC(=O)O)/C(C)=C/C=C(\C)C(=O)NCCCN(CC(=O)OCC(C)C)C(=O)OC(C)(C)C. The average Bonchev–Trinajstić information content (AvgIpc) is 2.91. The lowest BCUT2D eigenvalue weighted by molar-refractivity contribution is -0.146. The quantitative estimate of drug-likeness (QED) is 0.0723. The second-order valence-electron chi connectivity index (χ2n) is 11.3. The van der Waals surface area contributed by atoms with E-state index in [9.17, 15) is 24.0 Å². The molecule has 0 spiro atoms. The first kappa shape index (κ1) is 39.5. The number of hydrogen-bond acceptors (Lipinski definition) is 8. The smallest absolute Gasteiger partial charge is 0.410 e. The van der Waals surface area contributed by atoms with Crippen LogP contribution < -0.4 is 10.6 Å². The van der Waals surface area contributed by atoms with E-state index in [2.05, 4.69) is 22.2 Å². The highest BCUT2D eigenvalue weighted by molar-refractivity contribution is 6.02. The standard InChI is InChI=1S/C32H48N4O8/c1-10-12-25(6)33-17-15-26(30(41)35-19-27(37)38)23(4)13-14-24(5)29(40)34-16-11-18-36(31(42)44-32(7,8)9)20-28(39)43-21-22(2)3/h10,12-15,17,22H,1,11,16,18-21H2,2-9H3,(H,34,40)(H,35,41)(H,37,38)/b23-13+,24-14+,25-12+,26-15+,33-17-. The maximum atomic E-state index is 12.7. The number of carboxylic acid groups (broad SMARTS) is 1. The Kier molecular flexibility index (Phi) is 18.3. The van der Waals surface area contributed by atoms with Crippen LogP contribution in [0.2, 0.25) is 0 Å². The maximum Gasteiger partial charge on any atom is 0.410 e. The first-order valence-electron chi connectivity index (χ1n) is 14.3. The second-order valence-corrected chi connectivity index (χ2v) is 11.3. The number of amides is 3. The average molecular weight is 617 g/mol. The van der Waals surface area contributed by atoms with Gasteiger partial charge in [0.2, 0.25) is 5.91 Å². The molecule has 0 aliphatic heterocycles. The highest BCUT2D eigenvalue weighted by atomic mass is 16.6. The summed E-state index contributed by atoms with van der Waals surface area (Å²) in [5.41, 5.74) is 0.874. The van der Waals surface area contributed by atoms with E-state index in [1.54, 1.807) is 59.8 Å². The number of ether oxygens (including phenoxy) is 2. The number of carbonyl (C=O) groups is 5. The number of carboxylic acids is 1. The summed E-state index contributed by atoms with van der Waals surface area (Å²) in [6.45, 7) is 17.3. The molecule has 0 saturated carbocycles. The predicted octanol–water partition coefficient (Wildman–Crippen LogP) is 4.11. The predicted molar refractivity (Wildman–Crippen MR) is 170 cm³/mol. The van der Waals surface area contributed by atoms with Crippen LogP contribution in [-0.4, -0.2) is 84.5 Å². The number of aliphatic carboxylic acids is 1. The van der Waals surface area contributed by atoms with Gasteiger partial charge in [0.05, 0.1) is 6.61 Å². The summed E-state index contributed by atoms with van der Waals surface area (Å²) in [7, 11) is 0. The van der Waals surface area contributed by atoms with Crippen molar-refractivity contribution in [3.05, 3.63) is 59.4 Å². The van der Waals surface area contributed by atoms with Crippen LogP contribution in [0.3, 0.4) is 0 Å². The van der Waals surface area contributed by atoms with Gasteiger partial charge in [0, 0.05) is 36.1 Å².